The number of aliphatic carboxylic acids is 3. The number of hydrogen-bond donors (Lipinski definition) is 8. The zero-order valence-electron chi connectivity index (χ0n) is 20.6. The molecular formula is C24H31N5O9. The number of para-hydroxylation sites is 1. The summed E-state index contributed by atoms with van der Waals surface area (Å²) in [6.07, 6.45) is 0.139. The first kappa shape index (κ1) is 29.8. The smallest absolute Gasteiger partial charge is 0.325 e. The van der Waals surface area contributed by atoms with Crippen LogP contribution in [0.1, 0.15) is 38.2 Å². The third kappa shape index (κ3) is 8.89. The number of carboxylic acids is 3. The van der Waals surface area contributed by atoms with Gasteiger partial charge in [0.05, 0.1) is 6.04 Å². The Balaban J connectivity index is 2.26. The first-order valence-corrected chi connectivity index (χ1v) is 11.8. The molecule has 3 amide bonds. The molecule has 0 saturated carbocycles. The number of rotatable bonds is 15. The fourth-order valence-electron chi connectivity index (χ4n) is 3.60. The third-order valence-corrected chi connectivity index (χ3v) is 5.75. The van der Waals surface area contributed by atoms with Gasteiger partial charge in [0.1, 0.15) is 18.1 Å². The zero-order valence-corrected chi connectivity index (χ0v) is 20.6. The van der Waals surface area contributed by atoms with E-state index in [2.05, 4.69) is 20.9 Å². The van der Waals surface area contributed by atoms with Gasteiger partial charge >= 0.3 is 17.9 Å². The van der Waals surface area contributed by atoms with Crippen molar-refractivity contribution in [1.29, 1.82) is 0 Å². The summed E-state index contributed by atoms with van der Waals surface area (Å²) in [6, 6.07) is 1.96. The molecule has 14 nitrogen and oxygen atoms in total. The highest BCUT2D eigenvalue weighted by Gasteiger charge is 2.30. The largest absolute Gasteiger partial charge is 0.481 e. The fourth-order valence-corrected chi connectivity index (χ4v) is 3.60. The monoisotopic (exact) mass is 533 g/mol. The molecule has 1 heterocycles. The van der Waals surface area contributed by atoms with Crippen molar-refractivity contribution in [3.8, 4) is 0 Å². The van der Waals surface area contributed by atoms with E-state index in [-0.39, 0.29) is 19.3 Å². The molecule has 14 heteroatoms. The van der Waals surface area contributed by atoms with Crippen molar-refractivity contribution in [3.05, 3.63) is 36.0 Å². The highest BCUT2D eigenvalue weighted by Crippen LogP contribution is 2.19. The molecule has 0 bridgehead atoms. The zero-order chi connectivity index (χ0) is 28.4. The van der Waals surface area contributed by atoms with Gasteiger partial charge < -0.3 is 42.0 Å². The number of aromatic nitrogens is 1. The Morgan fingerprint density at radius 1 is 0.842 bits per heavy atom. The lowest BCUT2D eigenvalue weighted by molar-refractivity contribution is -0.142. The van der Waals surface area contributed by atoms with Crippen LogP contribution in [0.4, 0.5) is 0 Å². The van der Waals surface area contributed by atoms with Gasteiger partial charge in [0.2, 0.25) is 17.7 Å². The van der Waals surface area contributed by atoms with Crippen LogP contribution < -0.4 is 21.7 Å². The Kier molecular flexibility index (Phi) is 10.8. The lowest BCUT2D eigenvalue weighted by Gasteiger charge is -2.24. The molecule has 1 aromatic heterocycles. The van der Waals surface area contributed by atoms with E-state index in [4.69, 9.17) is 15.9 Å². The summed E-state index contributed by atoms with van der Waals surface area (Å²) in [5.41, 5.74) is 7.12. The van der Waals surface area contributed by atoms with Gasteiger partial charge in [0.25, 0.3) is 0 Å². The van der Waals surface area contributed by atoms with Crippen LogP contribution in [0.25, 0.3) is 10.9 Å². The molecule has 4 unspecified atom stereocenters. The molecule has 0 aliphatic rings. The highest BCUT2D eigenvalue weighted by molar-refractivity contribution is 5.95. The quantitative estimate of drug-likeness (QED) is 0.143. The van der Waals surface area contributed by atoms with Gasteiger partial charge in [-0.3, -0.25) is 28.8 Å². The van der Waals surface area contributed by atoms with Crippen LogP contribution >= 0.6 is 0 Å². The summed E-state index contributed by atoms with van der Waals surface area (Å²) in [5, 5.41) is 34.9. The minimum absolute atomic E-state index is 0.0500. The van der Waals surface area contributed by atoms with E-state index in [0.29, 0.717) is 5.56 Å². The van der Waals surface area contributed by atoms with Crippen molar-refractivity contribution < 1.29 is 44.1 Å². The Hall–Kier alpha value is -4.46. The van der Waals surface area contributed by atoms with E-state index < -0.39 is 72.6 Å². The second-order valence-electron chi connectivity index (χ2n) is 8.73. The molecule has 9 N–H and O–H groups in total. The molecule has 206 valence electrons. The minimum Gasteiger partial charge on any atom is -0.481 e. The SMILES string of the molecule is CC(NC(=O)C(Cc1c[nH]c2ccccc12)NC(=O)C(CCC(=O)O)NC(=O)C(N)CCC(=O)O)C(=O)O. The van der Waals surface area contributed by atoms with Gasteiger partial charge in [0, 0.05) is 36.4 Å². The van der Waals surface area contributed by atoms with Crippen LogP contribution in [0.15, 0.2) is 30.5 Å². The number of carbonyl (C=O) groups excluding carboxylic acids is 3. The molecule has 2 rings (SSSR count). The molecule has 0 radical (unpaired) electrons. The normalized spacial score (nSPS) is 14.1. The number of H-pyrrole nitrogens is 1. The number of hydrogen-bond acceptors (Lipinski definition) is 7. The van der Waals surface area contributed by atoms with Gasteiger partial charge in [-0.15, -0.1) is 0 Å². The van der Waals surface area contributed by atoms with E-state index in [1.165, 1.54) is 6.92 Å². The van der Waals surface area contributed by atoms with Crippen molar-refractivity contribution in [2.75, 3.05) is 0 Å². The fraction of sp³-hybridized carbons (Fsp3) is 0.417. The van der Waals surface area contributed by atoms with E-state index in [9.17, 15) is 33.9 Å². The predicted octanol–water partition coefficient (Wildman–Crippen LogP) is -0.674. The molecule has 1 aromatic carbocycles. The Labute approximate surface area is 217 Å². The molecular weight excluding hydrogens is 502 g/mol. The first-order chi connectivity index (χ1) is 17.9. The number of carbonyl (C=O) groups is 6. The number of carboxylic acid groups (broad SMARTS) is 3. The molecule has 4 atom stereocenters. The number of aromatic amines is 1. The van der Waals surface area contributed by atoms with Crippen molar-refractivity contribution in [3.63, 3.8) is 0 Å². The summed E-state index contributed by atoms with van der Waals surface area (Å²) >= 11 is 0. The van der Waals surface area contributed by atoms with Gasteiger partial charge in [-0.05, 0) is 31.4 Å². The summed E-state index contributed by atoms with van der Waals surface area (Å²) < 4.78 is 0. The maximum absolute atomic E-state index is 13.1. The average molecular weight is 534 g/mol. The topological polar surface area (TPSA) is 241 Å². The number of fused-ring (bicyclic) bond motifs is 1. The van der Waals surface area contributed by atoms with Gasteiger partial charge in [-0.2, -0.15) is 0 Å². The summed E-state index contributed by atoms with van der Waals surface area (Å²) in [4.78, 5) is 74.7. The molecule has 0 aliphatic carbocycles. The van der Waals surface area contributed by atoms with Crippen LogP contribution in [0, 0.1) is 0 Å². The number of amides is 3. The van der Waals surface area contributed by atoms with Crippen molar-refractivity contribution in [2.45, 2.75) is 63.2 Å². The van der Waals surface area contributed by atoms with Crippen LogP contribution in [-0.2, 0) is 35.2 Å². The number of nitrogens with one attached hydrogen (secondary N) is 4. The molecule has 0 fully saturated rings. The molecule has 0 saturated heterocycles. The summed E-state index contributed by atoms with van der Waals surface area (Å²) in [7, 11) is 0. The maximum atomic E-state index is 13.1. The van der Waals surface area contributed by atoms with E-state index in [1.807, 2.05) is 6.07 Å². The second-order valence-corrected chi connectivity index (χ2v) is 8.73. The Morgan fingerprint density at radius 2 is 1.42 bits per heavy atom. The molecule has 2 aromatic rings. The maximum Gasteiger partial charge on any atom is 0.325 e. The summed E-state index contributed by atoms with van der Waals surface area (Å²) in [6.45, 7) is 1.25. The number of benzene rings is 1. The average Bonchev–Trinajstić information content (AvgIpc) is 3.26. The van der Waals surface area contributed by atoms with Crippen LogP contribution in [0.2, 0.25) is 0 Å². The van der Waals surface area contributed by atoms with Gasteiger partial charge in [-0.1, -0.05) is 18.2 Å². The van der Waals surface area contributed by atoms with Gasteiger partial charge in [-0.25, -0.2) is 0 Å². The van der Waals surface area contributed by atoms with Crippen LogP contribution in [0.5, 0.6) is 0 Å². The number of nitrogens with two attached hydrogens (primary N) is 1. The minimum atomic E-state index is -1.41. The van der Waals surface area contributed by atoms with E-state index in [0.717, 1.165) is 10.9 Å². The van der Waals surface area contributed by atoms with Gasteiger partial charge in [0.15, 0.2) is 0 Å². The predicted molar refractivity (Wildman–Crippen MR) is 133 cm³/mol. The lowest BCUT2D eigenvalue weighted by Crippen LogP contribution is -2.57. The third-order valence-electron chi connectivity index (χ3n) is 5.75. The van der Waals surface area contributed by atoms with Crippen molar-refractivity contribution >= 4 is 46.5 Å². The highest BCUT2D eigenvalue weighted by atomic mass is 16.4. The van der Waals surface area contributed by atoms with Crippen LogP contribution in [-0.4, -0.2) is 80.1 Å². The lowest BCUT2D eigenvalue weighted by atomic mass is 10.0. The molecule has 0 spiro atoms. The molecule has 38 heavy (non-hydrogen) atoms. The second kappa shape index (κ2) is 13.7. The Bertz CT molecular complexity index is 1190. The first-order valence-electron chi connectivity index (χ1n) is 11.8. The molecule has 0 aliphatic heterocycles. The Morgan fingerprint density at radius 3 is 2.05 bits per heavy atom. The van der Waals surface area contributed by atoms with Crippen molar-refractivity contribution in [2.24, 2.45) is 5.73 Å². The standard InChI is InChI=1S/C24H31N5O9/c1-12(24(37)38)27-23(36)18(10-13-11-26-16-5-3-2-4-14(13)16)29-22(35)17(7-9-20(32)33)28-21(34)15(25)6-8-19(30)31/h2-5,11-12,15,17-18,26H,6-10,25H2,1H3,(H,27,36)(H,28,34)(H,29,35)(H,30,31)(H,32,33)(H,37,38). The van der Waals surface area contributed by atoms with Crippen molar-refractivity contribution in [1.82, 2.24) is 20.9 Å². The van der Waals surface area contributed by atoms with Crippen LogP contribution in [0.3, 0.4) is 0 Å². The van der Waals surface area contributed by atoms with E-state index >= 15 is 0 Å². The van der Waals surface area contributed by atoms with E-state index in [1.54, 1.807) is 24.4 Å². The summed E-state index contributed by atoms with van der Waals surface area (Å²) in [5.74, 6) is -6.27.